The number of cyclic esters (lactones) is 2. The molecule has 10 rings (SSSR count). The Morgan fingerprint density at radius 1 is 0.833 bits per heavy atom. The third kappa shape index (κ3) is 10.4. The number of rotatable bonds is 18. The van der Waals surface area contributed by atoms with Crippen LogP contribution in [-0.2, 0) is 32.2 Å². The highest BCUT2D eigenvalue weighted by molar-refractivity contribution is 8.00. The molecule has 3 aromatic heterocycles. The highest BCUT2D eigenvalue weighted by atomic mass is 32.2. The number of carbonyl (C=O) groups excluding carboxylic acids is 4. The summed E-state index contributed by atoms with van der Waals surface area (Å²) in [4.78, 5) is 90.0. The van der Waals surface area contributed by atoms with E-state index >= 15 is 4.39 Å². The molecule has 0 radical (unpaired) electrons. The molecule has 6 aromatic rings. The van der Waals surface area contributed by atoms with Crippen LogP contribution in [0.5, 0.6) is 11.6 Å². The molecule has 4 aliphatic rings. The van der Waals surface area contributed by atoms with Crippen LogP contribution in [0.1, 0.15) is 18.2 Å². The third-order valence-electron chi connectivity index (χ3n) is 12.3. The number of fused-ring (bicyclic) bond motifs is 4. The molecule has 3 aromatic carbocycles. The number of halogens is 1. The Morgan fingerprint density at radius 3 is 2.35 bits per heavy atom. The zero-order valence-electron chi connectivity index (χ0n) is 38.5. The van der Waals surface area contributed by atoms with Crippen LogP contribution < -0.4 is 46.8 Å². The van der Waals surface area contributed by atoms with Gasteiger partial charge in [0.15, 0.2) is 11.5 Å². The molecular weight excluding hydrogens is 976 g/mol. The molecular formula is C48H47FN10O11S2. The zero-order valence-corrected chi connectivity index (χ0v) is 40.1. The van der Waals surface area contributed by atoms with Gasteiger partial charge in [0, 0.05) is 65.4 Å². The first-order valence-electron chi connectivity index (χ1n) is 23.0. The molecule has 1 unspecified atom stereocenters. The second-order valence-corrected chi connectivity index (χ2v) is 19.3. The fraction of sp³-hybridized carbons (Fsp3) is 0.333. The van der Waals surface area contributed by atoms with Gasteiger partial charge in [0.1, 0.15) is 23.5 Å². The summed E-state index contributed by atoms with van der Waals surface area (Å²) in [6, 6.07) is 20.0. The van der Waals surface area contributed by atoms with Crippen LogP contribution in [0.2, 0.25) is 0 Å². The van der Waals surface area contributed by atoms with Crippen molar-refractivity contribution in [2.24, 2.45) is 0 Å². The van der Waals surface area contributed by atoms with E-state index in [-0.39, 0.29) is 73.6 Å². The summed E-state index contributed by atoms with van der Waals surface area (Å²) < 4.78 is 41.9. The number of benzene rings is 3. The minimum Gasteiger partial charge on any atom is -0.497 e. The normalized spacial score (nSPS) is 18.3. The number of ether oxygens (including phenoxy) is 4. The summed E-state index contributed by atoms with van der Waals surface area (Å²) >= 11 is 2.76. The fourth-order valence-corrected chi connectivity index (χ4v) is 10.4. The Morgan fingerprint density at radius 2 is 1.56 bits per heavy atom. The van der Waals surface area contributed by atoms with E-state index in [1.54, 1.807) is 42.5 Å². The van der Waals surface area contributed by atoms with E-state index < -0.39 is 54.0 Å². The van der Waals surface area contributed by atoms with Crippen molar-refractivity contribution in [3.63, 3.8) is 0 Å². The maximum absolute atomic E-state index is 16.1. The van der Waals surface area contributed by atoms with Crippen LogP contribution in [0.25, 0.3) is 22.1 Å². The van der Waals surface area contributed by atoms with Gasteiger partial charge in [-0.15, -0.1) is 23.5 Å². The Balaban J connectivity index is 0.806. The van der Waals surface area contributed by atoms with Crippen molar-refractivity contribution in [1.29, 1.82) is 0 Å². The SMILES string of the molecule is COc1ccc2ccc(=O)n(C[C@@H](O)CNC[C@@H]3CN(C(Oc4nc5c(cc4F)ncc(=O)n5CCCNC[C@@H]4CN(c5ccc6c(c5)NC(=O)CS6)C(=O)O4)c4ccc5c(c4)NC(=O)CS5)C(=O)O3)c2c1. The van der Waals surface area contributed by atoms with Crippen LogP contribution in [0.3, 0.4) is 0 Å². The van der Waals surface area contributed by atoms with Crippen LogP contribution in [-0.4, -0.2) is 129 Å². The molecule has 21 nitrogen and oxygen atoms in total. The van der Waals surface area contributed by atoms with E-state index in [1.165, 1.54) is 55.6 Å². The quantitative estimate of drug-likeness (QED) is 0.0766. The number of thioether (sulfide) groups is 2. The van der Waals surface area contributed by atoms with Gasteiger partial charge in [-0.05, 0) is 66.9 Å². The molecule has 4 amide bonds. The number of carbonyl (C=O) groups is 4. The van der Waals surface area contributed by atoms with Gasteiger partial charge < -0.3 is 49.9 Å². The highest BCUT2D eigenvalue weighted by Crippen LogP contribution is 2.38. The first-order valence-corrected chi connectivity index (χ1v) is 24.9. The van der Waals surface area contributed by atoms with E-state index in [1.807, 2.05) is 18.2 Å². The standard InChI is InChI=1S/C48H47FN10O11S2/c1-67-30-7-3-26-5-10-42(63)58(37(26)15-30)21-29(60)17-51-19-32-23-59(48(66)69-32)46(27-4-8-38-34(13-27)53-40(61)24-71-38)70-45-33(49)16-36-44(55-45)56(43(64)20-52-36)12-2-11-50-18-31-22-57(47(65)68-31)28-6-9-39-35(14-28)54-41(62)25-72-39/h3-10,13-16,20,29,31-32,46,50-51,60H,2,11-12,17-19,21-25H2,1H3,(H,53,61)(H,54,62)/t29-,31+,32+,46?/m0/s1. The topological polar surface area (TPSA) is 250 Å². The Kier molecular flexibility index (Phi) is 14.0. The van der Waals surface area contributed by atoms with Gasteiger partial charge in [-0.2, -0.15) is 4.98 Å². The number of aromatic nitrogens is 4. The number of methoxy groups -OCH3 is 1. The Hall–Kier alpha value is -7.25. The van der Waals surface area contributed by atoms with Gasteiger partial charge in [0.2, 0.25) is 18.0 Å². The number of hydrogen-bond donors (Lipinski definition) is 5. The van der Waals surface area contributed by atoms with Gasteiger partial charge in [0.05, 0.1) is 67.4 Å². The largest absolute Gasteiger partial charge is 0.497 e. The first kappa shape index (κ1) is 48.4. The molecule has 374 valence electrons. The number of aliphatic hydroxyl groups excluding tert-OH is 1. The molecule has 0 saturated carbocycles. The van der Waals surface area contributed by atoms with Crippen LogP contribution >= 0.6 is 23.5 Å². The van der Waals surface area contributed by atoms with E-state index in [0.29, 0.717) is 59.2 Å². The number of pyridine rings is 2. The molecule has 72 heavy (non-hydrogen) atoms. The number of amides is 4. The Labute approximate surface area is 417 Å². The molecule has 2 fully saturated rings. The maximum Gasteiger partial charge on any atom is 0.414 e. The van der Waals surface area contributed by atoms with Gasteiger partial charge in [-0.1, -0.05) is 6.07 Å². The number of aryl methyl sites for hydroxylation is 1. The summed E-state index contributed by atoms with van der Waals surface area (Å²) in [6.07, 6.45) is -3.40. The summed E-state index contributed by atoms with van der Waals surface area (Å²) in [5.41, 5.74) is 1.98. The van der Waals surface area contributed by atoms with Gasteiger partial charge >= 0.3 is 12.2 Å². The van der Waals surface area contributed by atoms with E-state index in [0.717, 1.165) is 27.4 Å². The second kappa shape index (κ2) is 20.8. The number of anilines is 3. The minimum absolute atomic E-state index is 0.0279. The third-order valence-corrected chi connectivity index (χ3v) is 14.5. The lowest BCUT2D eigenvalue weighted by Gasteiger charge is -2.28. The maximum atomic E-state index is 16.1. The molecule has 7 heterocycles. The molecule has 2 saturated heterocycles. The number of hydrogen-bond acceptors (Lipinski definition) is 17. The molecule has 0 aliphatic carbocycles. The van der Waals surface area contributed by atoms with Crippen LogP contribution in [0.15, 0.2) is 98.4 Å². The smallest absolute Gasteiger partial charge is 0.414 e. The summed E-state index contributed by atoms with van der Waals surface area (Å²) in [5.74, 6) is -0.687. The van der Waals surface area contributed by atoms with Crippen molar-refractivity contribution in [1.82, 2.24) is 34.6 Å². The minimum atomic E-state index is -1.34. The Bertz CT molecular complexity index is 3250. The van der Waals surface area contributed by atoms with Crippen LogP contribution in [0.4, 0.5) is 31.0 Å². The van der Waals surface area contributed by atoms with Crippen molar-refractivity contribution < 1.29 is 47.6 Å². The van der Waals surface area contributed by atoms with Crippen molar-refractivity contribution in [3.8, 4) is 11.6 Å². The van der Waals surface area contributed by atoms with Crippen molar-refractivity contribution >= 4 is 86.7 Å². The van der Waals surface area contributed by atoms with Crippen molar-refractivity contribution in [2.75, 3.05) is 73.4 Å². The zero-order chi connectivity index (χ0) is 50.0. The number of aliphatic hydroxyl groups is 1. The molecule has 4 aliphatic heterocycles. The van der Waals surface area contributed by atoms with Crippen molar-refractivity contribution in [2.45, 2.75) is 53.8 Å². The lowest BCUT2D eigenvalue weighted by atomic mass is 10.1. The lowest BCUT2D eigenvalue weighted by molar-refractivity contribution is -0.114. The number of nitrogens with zero attached hydrogens (tertiary/aromatic N) is 6. The average molecular weight is 1020 g/mol. The average Bonchev–Trinajstić information content (AvgIpc) is 3.94. The molecule has 0 bridgehead atoms. The van der Waals surface area contributed by atoms with E-state index in [9.17, 15) is 33.9 Å². The summed E-state index contributed by atoms with van der Waals surface area (Å²) in [7, 11) is 1.52. The van der Waals surface area contributed by atoms with Gasteiger partial charge in [0.25, 0.3) is 17.0 Å². The first-order chi connectivity index (χ1) is 34.9. The second-order valence-electron chi connectivity index (χ2n) is 17.3. The highest BCUT2D eigenvalue weighted by Gasteiger charge is 2.40. The lowest BCUT2D eigenvalue weighted by Crippen LogP contribution is -2.39. The molecule has 5 N–H and O–H groups in total. The predicted molar refractivity (Wildman–Crippen MR) is 264 cm³/mol. The van der Waals surface area contributed by atoms with Gasteiger partial charge in [-0.3, -0.25) is 33.5 Å². The summed E-state index contributed by atoms with van der Waals surface area (Å²) in [6.45, 7) is 1.20. The molecule has 4 atom stereocenters. The van der Waals surface area contributed by atoms with Crippen LogP contribution in [0, 0.1) is 5.82 Å². The molecule has 0 spiro atoms. The predicted octanol–water partition coefficient (Wildman–Crippen LogP) is 3.90. The van der Waals surface area contributed by atoms with E-state index in [2.05, 4.69) is 31.2 Å². The summed E-state index contributed by atoms with van der Waals surface area (Å²) in [5, 5.41) is 23.9. The van der Waals surface area contributed by atoms with Gasteiger partial charge in [-0.25, -0.2) is 19.0 Å². The fourth-order valence-electron chi connectivity index (χ4n) is 8.83. The van der Waals surface area contributed by atoms with E-state index in [4.69, 9.17) is 18.9 Å². The monoisotopic (exact) mass is 1020 g/mol. The molecule has 24 heteroatoms. The number of nitrogens with one attached hydrogen (secondary N) is 4. The van der Waals surface area contributed by atoms with Crippen molar-refractivity contribution in [3.05, 3.63) is 111 Å².